The van der Waals surface area contributed by atoms with Crippen LogP contribution in [0, 0.1) is 0 Å². The number of halogens is 1. The standard InChI is InChI=1S/C18H19ClN2O3/c1-12(13-7-4-6-10-16(13)24-2)21-17(22)11-20-18(23)14-8-3-5-9-15(14)19/h3-10,12H,11H2,1-2H3,(H,20,23)(H,21,22). The summed E-state index contributed by atoms with van der Waals surface area (Å²) in [6.45, 7) is 1.72. The summed E-state index contributed by atoms with van der Waals surface area (Å²) in [5.41, 5.74) is 1.20. The highest BCUT2D eigenvalue weighted by Gasteiger charge is 2.15. The fraction of sp³-hybridized carbons (Fsp3) is 0.222. The van der Waals surface area contributed by atoms with Crippen LogP contribution in [-0.4, -0.2) is 25.5 Å². The van der Waals surface area contributed by atoms with Crippen LogP contribution in [0.1, 0.15) is 28.9 Å². The molecule has 1 atom stereocenters. The second kappa shape index (κ2) is 8.36. The van der Waals surface area contributed by atoms with Crippen molar-refractivity contribution in [1.82, 2.24) is 10.6 Å². The van der Waals surface area contributed by atoms with Gasteiger partial charge in [-0.05, 0) is 25.1 Å². The molecule has 0 aromatic heterocycles. The molecule has 0 aliphatic carbocycles. The highest BCUT2D eigenvalue weighted by atomic mass is 35.5. The minimum absolute atomic E-state index is 0.135. The minimum Gasteiger partial charge on any atom is -0.496 e. The monoisotopic (exact) mass is 346 g/mol. The summed E-state index contributed by atoms with van der Waals surface area (Å²) >= 11 is 5.96. The van der Waals surface area contributed by atoms with Gasteiger partial charge in [0, 0.05) is 5.56 Å². The summed E-state index contributed by atoms with van der Waals surface area (Å²) < 4.78 is 5.28. The topological polar surface area (TPSA) is 67.4 Å². The molecule has 2 aromatic carbocycles. The minimum atomic E-state index is -0.388. The number of benzene rings is 2. The van der Waals surface area contributed by atoms with Gasteiger partial charge < -0.3 is 15.4 Å². The smallest absolute Gasteiger partial charge is 0.253 e. The summed E-state index contributed by atoms with van der Waals surface area (Å²) in [4.78, 5) is 24.1. The number of para-hydroxylation sites is 1. The molecular weight excluding hydrogens is 328 g/mol. The first-order valence-corrected chi connectivity index (χ1v) is 7.85. The van der Waals surface area contributed by atoms with Gasteiger partial charge in [0.15, 0.2) is 0 Å². The van der Waals surface area contributed by atoms with Gasteiger partial charge >= 0.3 is 0 Å². The highest BCUT2D eigenvalue weighted by molar-refractivity contribution is 6.33. The number of carbonyl (C=O) groups excluding carboxylic acids is 2. The van der Waals surface area contributed by atoms with E-state index in [-0.39, 0.29) is 24.4 Å². The lowest BCUT2D eigenvalue weighted by Crippen LogP contribution is -2.38. The average molecular weight is 347 g/mol. The summed E-state index contributed by atoms with van der Waals surface area (Å²) in [5, 5.41) is 5.73. The van der Waals surface area contributed by atoms with E-state index >= 15 is 0 Å². The van der Waals surface area contributed by atoms with Crippen molar-refractivity contribution in [3.8, 4) is 5.75 Å². The number of methoxy groups -OCH3 is 1. The Hall–Kier alpha value is -2.53. The van der Waals surface area contributed by atoms with Gasteiger partial charge in [-0.1, -0.05) is 41.9 Å². The van der Waals surface area contributed by atoms with Gasteiger partial charge in [0.05, 0.1) is 30.3 Å². The Bertz CT molecular complexity index is 734. The van der Waals surface area contributed by atoms with Crippen molar-refractivity contribution in [1.29, 1.82) is 0 Å². The molecule has 24 heavy (non-hydrogen) atoms. The van der Waals surface area contributed by atoms with E-state index in [1.807, 2.05) is 31.2 Å². The van der Waals surface area contributed by atoms with Crippen molar-refractivity contribution in [3.05, 3.63) is 64.7 Å². The second-order valence-electron chi connectivity index (χ2n) is 5.19. The molecule has 0 fully saturated rings. The lowest BCUT2D eigenvalue weighted by atomic mass is 10.1. The number of hydrogen-bond donors (Lipinski definition) is 2. The van der Waals surface area contributed by atoms with E-state index in [0.717, 1.165) is 5.56 Å². The molecule has 0 saturated heterocycles. The fourth-order valence-corrected chi connectivity index (χ4v) is 2.52. The van der Waals surface area contributed by atoms with Crippen molar-refractivity contribution in [2.24, 2.45) is 0 Å². The molecule has 1 unspecified atom stereocenters. The van der Waals surface area contributed by atoms with Crippen molar-refractivity contribution in [3.63, 3.8) is 0 Å². The number of ether oxygens (including phenoxy) is 1. The maximum absolute atomic E-state index is 12.0. The predicted octanol–water partition coefficient (Wildman–Crippen LogP) is 2.96. The van der Waals surface area contributed by atoms with Crippen LogP contribution in [0.2, 0.25) is 5.02 Å². The molecule has 126 valence electrons. The molecule has 0 radical (unpaired) electrons. The molecular formula is C18H19ClN2O3. The van der Waals surface area contributed by atoms with Crippen LogP contribution >= 0.6 is 11.6 Å². The van der Waals surface area contributed by atoms with Crippen LogP contribution in [0.25, 0.3) is 0 Å². The van der Waals surface area contributed by atoms with Gasteiger partial charge in [0.2, 0.25) is 5.91 Å². The number of nitrogens with one attached hydrogen (secondary N) is 2. The van der Waals surface area contributed by atoms with Gasteiger partial charge in [-0.15, -0.1) is 0 Å². The third-order valence-electron chi connectivity index (χ3n) is 3.51. The zero-order valence-electron chi connectivity index (χ0n) is 13.5. The molecule has 0 aliphatic rings. The number of amides is 2. The van der Waals surface area contributed by atoms with Gasteiger partial charge in [-0.25, -0.2) is 0 Å². The fourth-order valence-electron chi connectivity index (χ4n) is 2.30. The van der Waals surface area contributed by atoms with Crippen molar-refractivity contribution >= 4 is 23.4 Å². The highest BCUT2D eigenvalue weighted by Crippen LogP contribution is 2.24. The first kappa shape index (κ1) is 17.8. The zero-order valence-corrected chi connectivity index (χ0v) is 14.3. The van der Waals surface area contributed by atoms with Crippen molar-refractivity contribution < 1.29 is 14.3 Å². The maximum atomic E-state index is 12.0. The molecule has 0 aliphatic heterocycles. The Labute approximate surface area is 146 Å². The number of carbonyl (C=O) groups is 2. The first-order valence-electron chi connectivity index (χ1n) is 7.48. The van der Waals surface area contributed by atoms with Gasteiger partial charge in [0.1, 0.15) is 5.75 Å². The Kier molecular flexibility index (Phi) is 6.21. The zero-order chi connectivity index (χ0) is 17.5. The van der Waals surface area contributed by atoms with Crippen LogP contribution in [0.15, 0.2) is 48.5 Å². The summed E-state index contributed by atoms with van der Waals surface area (Å²) in [5.74, 6) is 0.0138. The molecule has 0 bridgehead atoms. The number of rotatable bonds is 6. The van der Waals surface area contributed by atoms with E-state index < -0.39 is 0 Å². The van der Waals surface area contributed by atoms with E-state index in [4.69, 9.17) is 16.3 Å². The maximum Gasteiger partial charge on any atom is 0.253 e. The van der Waals surface area contributed by atoms with Crippen LogP contribution in [0.5, 0.6) is 5.75 Å². The van der Waals surface area contributed by atoms with E-state index in [1.165, 1.54) is 0 Å². The Balaban J connectivity index is 1.91. The third-order valence-corrected chi connectivity index (χ3v) is 3.84. The van der Waals surface area contributed by atoms with E-state index in [9.17, 15) is 9.59 Å². The molecule has 0 saturated carbocycles. The van der Waals surface area contributed by atoms with E-state index in [2.05, 4.69) is 10.6 Å². The van der Waals surface area contributed by atoms with Gasteiger partial charge in [-0.2, -0.15) is 0 Å². The Morgan fingerprint density at radius 2 is 1.79 bits per heavy atom. The predicted molar refractivity (Wildman–Crippen MR) is 93.3 cm³/mol. The quantitative estimate of drug-likeness (QED) is 0.845. The Morgan fingerprint density at radius 1 is 1.12 bits per heavy atom. The van der Waals surface area contributed by atoms with Gasteiger partial charge in [-0.3, -0.25) is 9.59 Å². The summed E-state index contributed by atoms with van der Waals surface area (Å²) in [6.07, 6.45) is 0. The molecule has 2 rings (SSSR count). The van der Waals surface area contributed by atoms with Crippen molar-refractivity contribution in [2.45, 2.75) is 13.0 Å². The largest absolute Gasteiger partial charge is 0.496 e. The van der Waals surface area contributed by atoms with Crippen LogP contribution in [0.4, 0.5) is 0 Å². The van der Waals surface area contributed by atoms with Crippen LogP contribution in [-0.2, 0) is 4.79 Å². The molecule has 5 nitrogen and oxygen atoms in total. The van der Waals surface area contributed by atoms with E-state index in [0.29, 0.717) is 16.3 Å². The molecule has 0 spiro atoms. The van der Waals surface area contributed by atoms with Crippen LogP contribution < -0.4 is 15.4 Å². The van der Waals surface area contributed by atoms with Crippen LogP contribution in [0.3, 0.4) is 0 Å². The lowest BCUT2D eigenvalue weighted by molar-refractivity contribution is -0.120. The van der Waals surface area contributed by atoms with Crippen molar-refractivity contribution in [2.75, 3.05) is 13.7 Å². The second-order valence-corrected chi connectivity index (χ2v) is 5.60. The number of hydrogen-bond acceptors (Lipinski definition) is 3. The third kappa shape index (κ3) is 4.49. The molecule has 2 aromatic rings. The SMILES string of the molecule is COc1ccccc1C(C)NC(=O)CNC(=O)c1ccccc1Cl. The Morgan fingerprint density at radius 3 is 2.50 bits per heavy atom. The summed E-state index contributed by atoms with van der Waals surface area (Å²) in [6, 6.07) is 13.9. The van der Waals surface area contributed by atoms with E-state index in [1.54, 1.807) is 31.4 Å². The average Bonchev–Trinajstić information content (AvgIpc) is 2.60. The molecule has 2 amide bonds. The first-order chi connectivity index (χ1) is 11.5. The summed E-state index contributed by atoms with van der Waals surface area (Å²) in [7, 11) is 1.58. The molecule has 0 heterocycles. The lowest BCUT2D eigenvalue weighted by Gasteiger charge is -2.17. The van der Waals surface area contributed by atoms with Gasteiger partial charge in [0.25, 0.3) is 5.91 Å². The molecule has 6 heteroatoms. The normalized spacial score (nSPS) is 11.5. The molecule has 2 N–H and O–H groups in total.